The Morgan fingerprint density at radius 2 is 2.23 bits per heavy atom. The summed E-state index contributed by atoms with van der Waals surface area (Å²) in [5.41, 5.74) is 1.51. The number of hydrogen-bond acceptors (Lipinski definition) is 3. The Morgan fingerprint density at radius 1 is 1.54 bits per heavy atom. The molecule has 0 amide bonds. The predicted molar refractivity (Wildman–Crippen MR) is 53.6 cm³/mol. The highest BCUT2D eigenvalue weighted by molar-refractivity contribution is 7.98. The van der Waals surface area contributed by atoms with E-state index in [9.17, 15) is 5.11 Å². The molecule has 0 unspecified atom stereocenters. The molecule has 1 aromatic carbocycles. The van der Waals surface area contributed by atoms with Gasteiger partial charge in [-0.25, -0.2) is 0 Å². The van der Waals surface area contributed by atoms with Crippen LogP contribution in [0.3, 0.4) is 0 Å². The van der Waals surface area contributed by atoms with Gasteiger partial charge in [0.1, 0.15) is 0 Å². The van der Waals surface area contributed by atoms with E-state index in [-0.39, 0.29) is 0 Å². The first-order valence-corrected chi connectivity index (χ1v) is 5.17. The second-order valence-electron chi connectivity index (χ2n) is 2.74. The molecule has 0 aliphatic heterocycles. The number of nitrogens with zero attached hydrogens (tertiary/aromatic N) is 1. The molecular weight excluding hydrogens is 182 g/mol. The Hall–Kier alpha value is -0.980. The highest BCUT2D eigenvalue weighted by Crippen LogP contribution is 2.26. The predicted octanol–water partition coefficient (Wildman–Crippen LogP) is 2.33. The van der Waals surface area contributed by atoms with Crippen molar-refractivity contribution in [3.63, 3.8) is 0 Å². The van der Waals surface area contributed by atoms with E-state index in [4.69, 9.17) is 5.26 Å². The number of thioether (sulfide) groups is 1. The Balaban J connectivity index is 3.17. The number of hydrogen-bond donors (Lipinski definition) is 1. The molecule has 0 heterocycles. The minimum Gasteiger partial charge on any atom is -0.389 e. The summed E-state index contributed by atoms with van der Waals surface area (Å²) in [5, 5.41) is 18.1. The molecule has 0 fully saturated rings. The monoisotopic (exact) mass is 193 g/mol. The molecule has 0 aromatic heterocycles. The van der Waals surface area contributed by atoms with E-state index in [0.717, 1.165) is 10.5 Å². The molecule has 0 saturated heterocycles. The molecule has 0 aliphatic carbocycles. The standard InChI is InChI=1S/C10H11NOS/c1-7(12)9-4-3-8(6-11)5-10(9)13-2/h3-5,7,12H,1-2H3/t7-/m1/s1. The summed E-state index contributed by atoms with van der Waals surface area (Å²) < 4.78 is 0. The molecule has 0 radical (unpaired) electrons. The number of nitriles is 1. The van der Waals surface area contributed by atoms with E-state index in [0.29, 0.717) is 5.56 Å². The van der Waals surface area contributed by atoms with Crippen molar-refractivity contribution in [2.45, 2.75) is 17.9 Å². The van der Waals surface area contributed by atoms with Crippen molar-refractivity contribution in [2.75, 3.05) is 6.26 Å². The Labute approximate surface area is 82.2 Å². The van der Waals surface area contributed by atoms with Crippen LogP contribution in [0.1, 0.15) is 24.2 Å². The summed E-state index contributed by atoms with van der Waals surface area (Å²) in [7, 11) is 0. The van der Waals surface area contributed by atoms with Crippen LogP contribution in [0, 0.1) is 11.3 Å². The third kappa shape index (κ3) is 2.24. The van der Waals surface area contributed by atoms with Crippen LogP contribution in [-0.4, -0.2) is 11.4 Å². The maximum absolute atomic E-state index is 9.40. The summed E-state index contributed by atoms with van der Waals surface area (Å²) in [6, 6.07) is 7.40. The number of aliphatic hydroxyl groups excluding tert-OH is 1. The summed E-state index contributed by atoms with van der Waals surface area (Å²) in [5.74, 6) is 0. The van der Waals surface area contributed by atoms with E-state index < -0.39 is 6.10 Å². The number of aliphatic hydroxyl groups is 1. The molecule has 0 saturated carbocycles. The largest absolute Gasteiger partial charge is 0.389 e. The lowest BCUT2D eigenvalue weighted by Gasteiger charge is -2.09. The van der Waals surface area contributed by atoms with Crippen LogP contribution in [-0.2, 0) is 0 Å². The molecule has 1 atom stereocenters. The Kier molecular flexibility index (Phi) is 3.35. The van der Waals surface area contributed by atoms with Gasteiger partial charge in [0, 0.05) is 4.90 Å². The first kappa shape index (κ1) is 10.1. The van der Waals surface area contributed by atoms with Gasteiger partial charge in [-0.2, -0.15) is 5.26 Å². The average Bonchev–Trinajstić information content (AvgIpc) is 2.16. The molecular formula is C10H11NOS. The lowest BCUT2D eigenvalue weighted by atomic mass is 10.1. The van der Waals surface area contributed by atoms with Crippen LogP contribution < -0.4 is 0 Å². The van der Waals surface area contributed by atoms with Crippen LogP contribution in [0.5, 0.6) is 0 Å². The van der Waals surface area contributed by atoms with E-state index in [1.54, 1.807) is 36.9 Å². The minimum atomic E-state index is -0.477. The van der Waals surface area contributed by atoms with Gasteiger partial charge >= 0.3 is 0 Å². The molecule has 13 heavy (non-hydrogen) atoms. The molecule has 0 aliphatic rings. The molecule has 1 aromatic rings. The van der Waals surface area contributed by atoms with Crippen molar-refractivity contribution >= 4 is 11.8 Å². The third-order valence-corrected chi connectivity index (χ3v) is 2.61. The van der Waals surface area contributed by atoms with E-state index in [1.165, 1.54) is 0 Å². The zero-order valence-corrected chi connectivity index (χ0v) is 8.43. The SMILES string of the molecule is CSc1cc(C#N)ccc1[C@@H](C)O. The topological polar surface area (TPSA) is 44.0 Å². The van der Waals surface area contributed by atoms with Gasteiger partial charge in [-0.3, -0.25) is 0 Å². The molecule has 2 nitrogen and oxygen atoms in total. The molecule has 1 N–H and O–H groups in total. The van der Waals surface area contributed by atoms with E-state index in [1.807, 2.05) is 6.26 Å². The maximum Gasteiger partial charge on any atom is 0.0992 e. The van der Waals surface area contributed by atoms with Crippen LogP contribution in [0.2, 0.25) is 0 Å². The normalized spacial score (nSPS) is 12.2. The zero-order chi connectivity index (χ0) is 9.84. The first-order chi connectivity index (χ1) is 6.19. The fourth-order valence-corrected chi connectivity index (χ4v) is 1.84. The second-order valence-corrected chi connectivity index (χ2v) is 3.59. The first-order valence-electron chi connectivity index (χ1n) is 3.95. The second kappa shape index (κ2) is 4.31. The summed E-state index contributed by atoms with van der Waals surface area (Å²) in [4.78, 5) is 0.967. The van der Waals surface area contributed by atoms with Crippen molar-refractivity contribution in [1.29, 1.82) is 5.26 Å². The van der Waals surface area contributed by atoms with Crippen LogP contribution in [0.4, 0.5) is 0 Å². The fraction of sp³-hybridized carbons (Fsp3) is 0.300. The zero-order valence-electron chi connectivity index (χ0n) is 7.61. The highest BCUT2D eigenvalue weighted by atomic mass is 32.2. The van der Waals surface area contributed by atoms with Crippen molar-refractivity contribution < 1.29 is 5.11 Å². The molecule has 1 rings (SSSR count). The van der Waals surface area contributed by atoms with Gasteiger partial charge in [0.15, 0.2) is 0 Å². The van der Waals surface area contributed by atoms with Crippen LogP contribution in [0.25, 0.3) is 0 Å². The van der Waals surface area contributed by atoms with Gasteiger partial charge < -0.3 is 5.11 Å². The Bertz CT molecular complexity index is 341. The quantitative estimate of drug-likeness (QED) is 0.733. The van der Waals surface area contributed by atoms with Gasteiger partial charge in [-0.15, -0.1) is 11.8 Å². The van der Waals surface area contributed by atoms with Crippen LogP contribution >= 0.6 is 11.8 Å². The Morgan fingerprint density at radius 3 is 2.69 bits per heavy atom. The van der Waals surface area contributed by atoms with Crippen molar-refractivity contribution in [1.82, 2.24) is 0 Å². The molecule has 0 spiro atoms. The maximum atomic E-state index is 9.40. The van der Waals surface area contributed by atoms with Crippen molar-refractivity contribution in [3.8, 4) is 6.07 Å². The summed E-state index contributed by atoms with van der Waals surface area (Å²) in [6.45, 7) is 1.72. The number of rotatable bonds is 2. The van der Waals surface area contributed by atoms with Gasteiger partial charge in [0.25, 0.3) is 0 Å². The molecule has 0 bridgehead atoms. The van der Waals surface area contributed by atoms with Gasteiger partial charge in [-0.1, -0.05) is 6.07 Å². The highest BCUT2D eigenvalue weighted by Gasteiger charge is 2.07. The lowest BCUT2D eigenvalue weighted by molar-refractivity contribution is 0.196. The minimum absolute atomic E-state index is 0.477. The summed E-state index contributed by atoms with van der Waals surface area (Å²) >= 11 is 1.54. The van der Waals surface area contributed by atoms with Gasteiger partial charge in [0.2, 0.25) is 0 Å². The lowest BCUT2D eigenvalue weighted by Crippen LogP contribution is -1.94. The number of benzene rings is 1. The van der Waals surface area contributed by atoms with Crippen molar-refractivity contribution in [2.24, 2.45) is 0 Å². The third-order valence-electron chi connectivity index (χ3n) is 1.81. The summed E-state index contributed by atoms with van der Waals surface area (Å²) in [6.07, 6.45) is 1.46. The van der Waals surface area contributed by atoms with E-state index in [2.05, 4.69) is 6.07 Å². The molecule has 68 valence electrons. The van der Waals surface area contributed by atoms with E-state index >= 15 is 0 Å². The van der Waals surface area contributed by atoms with Gasteiger partial charge in [-0.05, 0) is 30.9 Å². The fourth-order valence-electron chi connectivity index (χ4n) is 1.13. The smallest absolute Gasteiger partial charge is 0.0992 e. The van der Waals surface area contributed by atoms with Crippen molar-refractivity contribution in [3.05, 3.63) is 29.3 Å². The van der Waals surface area contributed by atoms with Crippen LogP contribution in [0.15, 0.2) is 23.1 Å². The average molecular weight is 193 g/mol. The molecule has 3 heteroatoms. The van der Waals surface area contributed by atoms with Gasteiger partial charge in [0.05, 0.1) is 17.7 Å².